The lowest BCUT2D eigenvalue weighted by atomic mass is 10.6. The summed E-state index contributed by atoms with van der Waals surface area (Å²) in [5, 5.41) is 17.5. The maximum Gasteiger partial charge on any atom is 0.0717 e. The summed E-state index contributed by atoms with van der Waals surface area (Å²) in [4.78, 5) is 0. The van der Waals surface area contributed by atoms with Gasteiger partial charge in [0.05, 0.1) is 37.6 Å². The van der Waals surface area contributed by atoms with Crippen molar-refractivity contribution in [2.75, 3.05) is 23.0 Å². The molecule has 0 aliphatic carbocycles. The Morgan fingerprint density at radius 1 is 0.708 bits per heavy atom. The van der Waals surface area contributed by atoms with Gasteiger partial charge in [-0.2, -0.15) is 10.5 Å². The number of hydrogen-bond donors (Lipinski definition) is 0. The molecule has 126 valence electrons. The second-order valence-corrected chi connectivity index (χ2v) is 14.4. The van der Waals surface area contributed by atoms with Crippen LogP contribution in [0.4, 0.5) is 0 Å². The van der Waals surface area contributed by atoms with Crippen molar-refractivity contribution in [2.24, 2.45) is 0 Å². The highest BCUT2D eigenvalue weighted by Gasteiger charge is 2.31. The van der Waals surface area contributed by atoms with Gasteiger partial charge in [0.1, 0.15) is 0 Å². The number of thioether (sulfide) groups is 8. The van der Waals surface area contributed by atoms with Crippen LogP contribution in [0.25, 0.3) is 0 Å². The molecule has 0 radical (unpaired) electrons. The fourth-order valence-corrected chi connectivity index (χ4v) is 13.6. The second-order valence-electron chi connectivity index (χ2n) is 4.34. The van der Waals surface area contributed by atoms with Crippen molar-refractivity contribution in [2.45, 2.75) is 12.8 Å². The fraction of sp³-hybridized carbons (Fsp3) is 0.429. The molecule has 0 spiro atoms. The summed E-state index contributed by atoms with van der Waals surface area (Å²) >= 11 is 15.1. The molecule has 3 aliphatic heterocycles. The largest absolute Gasteiger partial charge is 0.198 e. The van der Waals surface area contributed by atoms with Crippen molar-refractivity contribution in [3.63, 3.8) is 0 Å². The third kappa shape index (κ3) is 5.26. The minimum absolute atomic E-state index is 0.577. The monoisotopic (exact) mass is 464 g/mol. The molecule has 3 heterocycles. The molecule has 0 bridgehead atoms. The molecule has 0 saturated heterocycles. The summed E-state index contributed by atoms with van der Waals surface area (Å²) in [7, 11) is 0. The molecule has 3 aliphatic rings. The molecule has 0 aromatic rings. The zero-order valence-electron chi connectivity index (χ0n) is 12.4. The first kappa shape index (κ1) is 19.8. The minimum atomic E-state index is 0.577. The molecule has 3 rings (SSSR count). The molecule has 0 atom stereocenters. The van der Waals surface area contributed by atoms with Crippen LogP contribution in [0.3, 0.4) is 0 Å². The Balaban J connectivity index is 1.67. The maximum atomic E-state index is 8.76. The van der Waals surface area contributed by atoms with Crippen LogP contribution >= 0.6 is 94.1 Å². The molecule has 0 aromatic carbocycles. The van der Waals surface area contributed by atoms with Gasteiger partial charge in [0.25, 0.3) is 0 Å². The van der Waals surface area contributed by atoms with E-state index in [4.69, 9.17) is 10.5 Å². The van der Waals surface area contributed by atoms with Crippen molar-refractivity contribution in [3.05, 3.63) is 25.4 Å². The highest BCUT2D eigenvalue weighted by atomic mass is 32.3. The number of nitriles is 2. The Hall–Kier alpha value is 1.000. The van der Waals surface area contributed by atoms with E-state index < -0.39 is 0 Å². The van der Waals surface area contributed by atoms with E-state index in [9.17, 15) is 0 Å². The summed E-state index contributed by atoms with van der Waals surface area (Å²) in [5.41, 5.74) is 0. The van der Waals surface area contributed by atoms with E-state index in [0.29, 0.717) is 12.8 Å². The summed E-state index contributed by atoms with van der Waals surface area (Å²) in [6.45, 7) is 0. The third-order valence-corrected chi connectivity index (χ3v) is 14.5. The summed E-state index contributed by atoms with van der Waals surface area (Å²) in [5.74, 6) is 4.10. The van der Waals surface area contributed by atoms with Gasteiger partial charge in [0.15, 0.2) is 0 Å². The van der Waals surface area contributed by atoms with Gasteiger partial charge in [-0.05, 0) is 0 Å². The van der Waals surface area contributed by atoms with Gasteiger partial charge >= 0.3 is 0 Å². The first-order valence-electron chi connectivity index (χ1n) is 7.01. The van der Waals surface area contributed by atoms with Crippen molar-refractivity contribution >= 4 is 94.1 Å². The van der Waals surface area contributed by atoms with E-state index in [1.54, 1.807) is 23.5 Å². The van der Waals surface area contributed by atoms with Crippen LogP contribution in [0.5, 0.6) is 0 Å². The standard InChI is InChI=1S/C14H12N2S8/c15-3-1-5-17-9-10(18-6-2-4-16)22-13(21-9)14-23-11-12(24-14)20-8-7-19-11/h1-2,5-8H2. The number of nitrogens with zero attached hydrogens (tertiary/aromatic N) is 2. The number of hydrogen-bond acceptors (Lipinski definition) is 10. The zero-order chi connectivity index (χ0) is 16.8. The normalized spacial score (nSPS) is 20.4. The van der Waals surface area contributed by atoms with Crippen LogP contribution in [-0.2, 0) is 0 Å². The van der Waals surface area contributed by atoms with E-state index >= 15 is 0 Å². The Kier molecular flexibility index (Phi) is 8.53. The van der Waals surface area contributed by atoms with Crippen molar-refractivity contribution in [1.82, 2.24) is 0 Å². The Morgan fingerprint density at radius 2 is 1.17 bits per heavy atom. The molecule has 0 N–H and O–H groups in total. The predicted octanol–water partition coefficient (Wildman–Crippen LogP) is 7.10. The molecule has 10 heteroatoms. The molecule has 24 heavy (non-hydrogen) atoms. The zero-order valence-corrected chi connectivity index (χ0v) is 18.9. The van der Waals surface area contributed by atoms with Gasteiger partial charge in [-0.15, -0.1) is 47.0 Å². The average Bonchev–Trinajstić information content (AvgIpc) is 3.19. The van der Waals surface area contributed by atoms with E-state index in [-0.39, 0.29) is 0 Å². The first-order valence-corrected chi connectivity index (χ1v) is 14.2. The van der Waals surface area contributed by atoms with E-state index in [1.165, 1.54) is 36.9 Å². The van der Waals surface area contributed by atoms with Crippen molar-refractivity contribution in [1.29, 1.82) is 10.5 Å². The highest BCUT2D eigenvalue weighted by molar-refractivity contribution is 8.45. The minimum Gasteiger partial charge on any atom is -0.198 e. The highest BCUT2D eigenvalue weighted by Crippen LogP contribution is 2.66. The lowest BCUT2D eigenvalue weighted by Crippen LogP contribution is -1.88. The SMILES string of the molecule is N#CCCSC1=C(SCCC#N)SC(=C2SC3=C(SCCS3)S2)S1. The van der Waals surface area contributed by atoms with Gasteiger partial charge < -0.3 is 0 Å². The quantitative estimate of drug-likeness (QED) is 0.380. The summed E-state index contributed by atoms with van der Waals surface area (Å²) in [6.07, 6.45) is 1.15. The van der Waals surface area contributed by atoms with E-state index in [1.807, 2.05) is 70.6 Å². The maximum absolute atomic E-state index is 8.76. The van der Waals surface area contributed by atoms with Gasteiger partial charge in [-0.25, -0.2) is 0 Å². The topological polar surface area (TPSA) is 47.6 Å². The predicted molar refractivity (Wildman–Crippen MR) is 122 cm³/mol. The lowest BCUT2D eigenvalue weighted by molar-refractivity contribution is 1.24. The molecule has 0 fully saturated rings. The lowest BCUT2D eigenvalue weighted by Gasteiger charge is -2.08. The molecular weight excluding hydrogens is 453 g/mol. The van der Waals surface area contributed by atoms with Crippen LogP contribution in [0.2, 0.25) is 0 Å². The second kappa shape index (κ2) is 10.4. The van der Waals surface area contributed by atoms with E-state index in [0.717, 1.165) is 11.5 Å². The van der Waals surface area contributed by atoms with Crippen molar-refractivity contribution < 1.29 is 0 Å². The number of rotatable bonds is 6. The smallest absolute Gasteiger partial charge is 0.0717 e. The van der Waals surface area contributed by atoms with Gasteiger partial charge in [-0.3, -0.25) is 0 Å². The van der Waals surface area contributed by atoms with Crippen LogP contribution in [0, 0.1) is 22.7 Å². The Bertz CT molecular complexity index is 628. The van der Waals surface area contributed by atoms with Crippen LogP contribution in [0.15, 0.2) is 25.4 Å². The summed E-state index contributed by atoms with van der Waals surface area (Å²) in [6, 6.07) is 4.43. The van der Waals surface area contributed by atoms with Crippen molar-refractivity contribution in [3.8, 4) is 12.1 Å². The first-order chi connectivity index (χ1) is 11.8. The van der Waals surface area contributed by atoms with E-state index in [2.05, 4.69) is 12.1 Å². The average molecular weight is 465 g/mol. The van der Waals surface area contributed by atoms with Gasteiger partial charge in [0.2, 0.25) is 0 Å². The third-order valence-electron chi connectivity index (χ3n) is 2.69. The van der Waals surface area contributed by atoms with Crippen LogP contribution in [-0.4, -0.2) is 23.0 Å². The Labute approximate surface area is 176 Å². The molecule has 0 amide bonds. The molecule has 2 nitrogen and oxygen atoms in total. The molecule has 0 aromatic heterocycles. The molecular formula is C14H12N2S8. The van der Waals surface area contributed by atoms with Crippen LogP contribution < -0.4 is 0 Å². The summed E-state index contributed by atoms with van der Waals surface area (Å²) < 4.78 is 8.36. The van der Waals surface area contributed by atoms with Gasteiger partial charge in [-0.1, -0.05) is 47.0 Å². The Morgan fingerprint density at radius 3 is 1.62 bits per heavy atom. The van der Waals surface area contributed by atoms with Gasteiger partial charge in [0, 0.05) is 35.9 Å². The molecule has 0 saturated carbocycles. The molecule has 0 unspecified atom stereocenters. The fourth-order valence-electron chi connectivity index (χ4n) is 1.71. The van der Waals surface area contributed by atoms with Crippen LogP contribution in [0.1, 0.15) is 12.8 Å².